The van der Waals surface area contributed by atoms with Gasteiger partial charge in [-0.2, -0.15) is 0 Å². The summed E-state index contributed by atoms with van der Waals surface area (Å²) in [4.78, 5) is 0. The molecule has 3 atom stereocenters. The molecule has 0 heterocycles. The number of aliphatic hydroxyl groups is 1. The van der Waals surface area contributed by atoms with E-state index in [1.54, 1.807) is 0 Å². The molecule has 0 saturated carbocycles. The van der Waals surface area contributed by atoms with Crippen molar-refractivity contribution in [1.82, 2.24) is 0 Å². The molecule has 0 aromatic carbocycles. The highest BCUT2D eigenvalue weighted by molar-refractivity contribution is 4.99. The van der Waals surface area contributed by atoms with Crippen LogP contribution in [0.15, 0.2) is 12.2 Å². The van der Waals surface area contributed by atoms with Crippen molar-refractivity contribution in [3.63, 3.8) is 0 Å². The van der Waals surface area contributed by atoms with Crippen LogP contribution in [0.2, 0.25) is 0 Å². The molecule has 2 unspecified atom stereocenters. The Hall–Kier alpha value is -0.300. The van der Waals surface area contributed by atoms with E-state index in [-0.39, 0.29) is 0 Å². The average molecular weight is 154 g/mol. The first-order valence-corrected chi connectivity index (χ1v) is 4.57. The van der Waals surface area contributed by atoms with Crippen LogP contribution in [0.25, 0.3) is 0 Å². The van der Waals surface area contributed by atoms with Crippen molar-refractivity contribution in [2.24, 2.45) is 17.8 Å². The molecule has 1 rings (SSSR count). The molecule has 0 aliphatic heterocycles. The first-order chi connectivity index (χ1) is 5.27. The number of hydrogen-bond acceptors (Lipinski definition) is 1. The van der Waals surface area contributed by atoms with Crippen molar-refractivity contribution in [2.45, 2.75) is 26.7 Å². The highest BCUT2D eigenvalue weighted by Crippen LogP contribution is 2.29. The van der Waals surface area contributed by atoms with Gasteiger partial charge in [0.05, 0.1) is 0 Å². The van der Waals surface area contributed by atoms with Gasteiger partial charge in [-0.25, -0.2) is 0 Å². The van der Waals surface area contributed by atoms with Gasteiger partial charge in [0.2, 0.25) is 0 Å². The van der Waals surface area contributed by atoms with Crippen LogP contribution in [-0.2, 0) is 0 Å². The Balaban J connectivity index is 2.51. The molecular weight excluding hydrogens is 136 g/mol. The van der Waals surface area contributed by atoms with Crippen LogP contribution in [0.4, 0.5) is 0 Å². The third-order valence-corrected chi connectivity index (χ3v) is 2.77. The zero-order valence-electron chi connectivity index (χ0n) is 7.46. The zero-order valence-corrected chi connectivity index (χ0v) is 7.46. The minimum atomic E-state index is 0.314. The van der Waals surface area contributed by atoms with Crippen molar-refractivity contribution in [1.29, 1.82) is 0 Å². The summed E-state index contributed by atoms with van der Waals surface area (Å²) in [5, 5.41) is 8.97. The van der Waals surface area contributed by atoms with Crippen molar-refractivity contribution >= 4 is 0 Å². The fourth-order valence-corrected chi connectivity index (χ4v) is 1.76. The van der Waals surface area contributed by atoms with Gasteiger partial charge in [-0.15, -0.1) is 0 Å². The second-order valence-corrected chi connectivity index (χ2v) is 3.61. The molecule has 1 heteroatoms. The highest BCUT2D eigenvalue weighted by atomic mass is 16.3. The lowest BCUT2D eigenvalue weighted by Gasteiger charge is -2.27. The first-order valence-electron chi connectivity index (χ1n) is 4.57. The Morgan fingerprint density at radius 1 is 1.45 bits per heavy atom. The van der Waals surface area contributed by atoms with Crippen LogP contribution in [0.3, 0.4) is 0 Å². The predicted octanol–water partition coefficient (Wildman–Crippen LogP) is 2.22. The summed E-state index contributed by atoms with van der Waals surface area (Å²) < 4.78 is 0. The van der Waals surface area contributed by atoms with E-state index in [1.165, 1.54) is 12.8 Å². The van der Waals surface area contributed by atoms with E-state index < -0.39 is 0 Å². The van der Waals surface area contributed by atoms with E-state index in [9.17, 15) is 0 Å². The van der Waals surface area contributed by atoms with Crippen molar-refractivity contribution in [2.75, 3.05) is 6.61 Å². The molecule has 11 heavy (non-hydrogen) atoms. The molecule has 0 radical (unpaired) electrons. The normalized spacial score (nSPS) is 37.5. The van der Waals surface area contributed by atoms with Crippen LogP contribution < -0.4 is 0 Å². The molecule has 1 nitrogen and oxygen atoms in total. The molecule has 0 fully saturated rings. The van der Waals surface area contributed by atoms with Crippen LogP contribution in [0.5, 0.6) is 0 Å². The lowest BCUT2D eigenvalue weighted by molar-refractivity contribution is 0.193. The second kappa shape index (κ2) is 3.91. The standard InChI is InChI=1S/C10H18O/c1-3-9-4-5-10(7-11)8(2)6-9/h4-5,8-11H,3,6-7H2,1-2H3/t8?,9-,10?/m1/s1. The van der Waals surface area contributed by atoms with E-state index in [4.69, 9.17) is 5.11 Å². The number of hydrogen-bond donors (Lipinski definition) is 1. The van der Waals surface area contributed by atoms with Crippen LogP contribution in [0.1, 0.15) is 26.7 Å². The van der Waals surface area contributed by atoms with Gasteiger partial charge in [-0.05, 0) is 24.7 Å². The zero-order chi connectivity index (χ0) is 8.27. The lowest BCUT2D eigenvalue weighted by atomic mass is 9.80. The maximum absolute atomic E-state index is 8.97. The summed E-state index contributed by atoms with van der Waals surface area (Å²) in [5.41, 5.74) is 0. The predicted molar refractivity (Wildman–Crippen MR) is 47.3 cm³/mol. The summed E-state index contributed by atoms with van der Waals surface area (Å²) in [7, 11) is 0. The van der Waals surface area contributed by atoms with Crippen molar-refractivity contribution < 1.29 is 5.11 Å². The van der Waals surface area contributed by atoms with Crippen LogP contribution in [0, 0.1) is 17.8 Å². The molecule has 0 aromatic rings. The average Bonchev–Trinajstić information content (AvgIpc) is 2.04. The molecule has 0 saturated heterocycles. The van der Waals surface area contributed by atoms with Crippen molar-refractivity contribution in [3.05, 3.63) is 12.2 Å². The number of rotatable bonds is 2. The van der Waals surface area contributed by atoms with Gasteiger partial charge < -0.3 is 5.11 Å². The largest absolute Gasteiger partial charge is 0.396 e. The topological polar surface area (TPSA) is 20.2 Å². The molecule has 1 aliphatic carbocycles. The van der Waals surface area contributed by atoms with Gasteiger partial charge in [0.1, 0.15) is 0 Å². The van der Waals surface area contributed by atoms with Gasteiger partial charge in [0, 0.05) is 12.5 Å². The maximum Gasteiger partial charge on any atom is 0.0496 e. The third-order valence-electron chi connectivity index (χ3n) is 2.77. The Bertz CT molecular complexity index is 140. The Labute approximate surface area is 69.1 Å². The summed E-state index contributed by atoms with van der Waals surface area (Å²) in [6.07, 6.45) is 6.93. The fraction of sp³-hybridized carbons (Fsp3) is 0.800. The van der Waals surface area contributed by atoms with Gasteiger partial charge in [-0.1, -0.05) is 26.0 Å². The monoisotopic (exact) mass is 154 g/mol. The van der Waals surface area contributed by atoms with E-state index in [1.807, 2.05) is 0 Å². The molecule has 0 bridgehead atoms. The molecule has 1 aliphatic rings. The molecule has 0 aromatic heterocycles. The van der Waals surface area contributed by atoms with Crippen LogP contribution in [-0.4, -0.2) is 11.7 Å². The summed E-state index contributed by atoms with van der Waals surface area (Å²) in [6, 6.07) is 0. The molecule has 64 valence electrons. The quantitative estimate of drug-likeness (QED) is 0.605. The minimum Gasteiger partial charge on any atom is -0.396 e. The Kier molecular flexibility index (Phi) is 3.13. The molecule has 0 spiro atoms. The SMILES string of the molecule is CC[C@@H]1C=CC(CO)C(C)C1. The summed E-state index contributed by atoms with van der Waals surface area (Å²) in [5.74, 6) is 1.83. The number of allylic oxidation sites excluding steroid dienone is 1. The molecule has 1 N–H and O–H groups in total. The molecule has 0 amide bonds. The minimum absolute atomic E-state index is 0.314. The Morgan fingerprint density at radius 2 is 2.18 bits per heavy atom. The second-order valence-electron chi connectivity index (χ2n) is 3.61. The van der Waals surface area contributed by atoms with Crippen molar-refractivity contribution in [3.8, 4) is 0 Å². The summed E-state index contributed by atoms with van der Waals surface area (Å²) in [6.45, 7) is 4.77. The smallest absolute Gasteiger partial charge is 0.0496 e. The lowest BCUT2D eigenvalue weighted by Crippen LogP contribution is -2.20. The van der Waals surface area contributed by atoms with E-state index in [0.29, 0.717) is 18.4 Å². The van der Waals surface area contributed by atoms with Gasteiger partial charge in [0.15, 0.2) is 0 Å². The van der Waals surface area contributed by atoms with E-state index in [0.717, 1.165) is 5.92 Å². The van der Waals surface area contributed by atoms with E-state index >= 15 is 0 Å². The number of aliphatic hydroxyl groups excluding tert-OH is 1. The molecular formula is C10H18O. The highest BCUT2D eigenvalue weighted by Gasteiger charge is 2.20. The van der Waals surface area contributed by atoms with Crippen LogP contribution >= 0.6 is 0 Å². The summed E-state index contributed by atoms with van der Waals surface area (Å²) >= 11 is 0. The maximum atomic E-state index is 8.97. The van der Waals surface area contributed by atoms with E-state index in [2.05, 4.69) is 26.0 Å². The van der Waals surface area contributed by atoms with Gasteiger partial charge in [-0.3, -0.25) is 0 Å². The Morgan fingerprint density at radius 3 is 2.64 bits per heavy atom. The first kappa shape index (κ1) is 8.79. The van der Waals surface area contributed by atoms with Gasteiger partial charge in [0.25, 0.3) is 0 Å². The fourth-order valence-electron chi connectivity index (χ4n) is 1.76. The van der Waals surface area contributed by atoms with Gasteiger partial charge >= 0.3 is 0 Å². The third kappa shape index (κ3) is 2.06.